The van der Waals surface area contributed by atoms with E-state index in [0.717, 1.165) is 27.8 Å². The van der Waals surface area contributed by atoms with E-state index in [4.69, 9.17) is 12.2 Å². The maximum Gasteiger partial charge on any atom is 0.271 e. The number of aliphatic carboxylic acids is 1. The van der Waals surface area contributed by atoms with Crippen molar-refractivity contribution in [3.63, 3.8) is 0 Å². The fraction of sp³-hybridized carbons (Fsp3) is 0.143. The van der Waals surface area contributed by atoms with Gasteiger partial charge in [0.05, 0.1) is 34.4 Å². The molecule has 0 saturated carbocycles. The monoisotopic (exact) mass is 423 g/mol. The number of thiocarbonyl (C=S) groups is 1. The number of carboxylic acid groups (broad SMARTS) is 1. The van der Waals surface area contributed by atoms with Gasteiger partial charge in [-0.2, -0.15) is 0 Å². The molecule has 4 rings (SSSR count). The normalized spacial score (nSPS) is 18.6. The highest BCUT2D eigenvalue weighted by Crippen LogP contribution is 2.45. The van der Waals surface area contributed by atoms with Gasteiger partial charge in [-0.05, 0) is 43.2 Å². The van der Waals surface area contributed by atoms with Gasteiger partial charge in [-0.3, -0.25) is 14.5 Å². The smallest absolute Gasteiger partial charge is 0.271 e. The van der Waals surface area contributed by atoms with E-state index in [2.05, 4.69) is 0 Å². The molecule has 1 fully saturated rings. The van der Waals surface area contributed by atoms with Crippen LogP contribution in [0.5, 0.6) is 0 Å². The molecule has 2 amide bonds. The summed E-state index contributed by atoms with van der Waals surface area (Å²) in [5.41, 5.74) is 3.87. The van der Waals surface area contributed by atoms with Crippen LogP contribution in [0.3, 0.4) is 0 Å². The number of aryl methyl sites for hydroxylation is 2. The Balaban J connectivity index is 1.82. The maximum absolute atomic E-state index is 13.2. The van der Waals surface area contributed by atoms with Crippen molar-refractivity contribution in [2.45, 2.75) is 13.8 Å². The number of carboxylic acids is 1. The Hall–Kier alpha value is -2.97. The van der Waals surface area contributed by atoms with Crippen LogP contribution in [0, 0.1) is 13.8 Å². The molecular formula is C21H15N2O4S2-. The van der Waals surface area contributed by atoms with Gasteiger partial charge in [-0.25, -0.2) is 0 Å². The van der Waals surface area contributed by atoms with Crippen LogP contribution in [0.1, 0.15) is 16.7 Å². The third-order valence-electron chi connectivity index (χ3n) is 4.96. The minimum Gasteiger partial charge on any atom is -0.548 e. The summed E-state index contributed by atoms with van der Waals surface area (Å²) >= 11 is 6.48. The van der Waals surface area contributed by atoms with Gasteiger partial charge >= 0.3 is 0 Å². The maximum atomic E-state index is 13.2. The number of nitrogens with zero attached hydrogens (tertiary/aromatic N) is 2. The fourth-order valence-electron chi connectivity index (χ4n) is 3.39. The highest BCUT2D eigenvalue weighted by atomic mass is 32.2. The van der Waals surface area contributed by atoms with E-state index < -0.39 is 24.3 Å². The van der Waals surface area contributed by atoms with E-state index in [1.807, 2.05) is 32.0 Å². The first-order valence-electron chi connectivity index (χ1n) is 8.78. The van der Waals surface area contributed by atoms with Crippen LogP contribution in [0.2, 0.25) is 0 Å². The molecule has 1 saturated heterocycles. The summed E-state index contributed by atoms with van der Waals surface area (Å²) in [5.74, 6) is -2.32. The lowest BCUT2D eigenvalue weighted by Gasteiger charge is -2.17. The van der Waals surface area contributed by atoms with Gasteiger partial charge in [0.1, 0.15) is 0 Å². The summed E-state index contributed by atoms with van der Waals surface area (Å²) in [6.45, 7) is 3.34. The Kier molecular flexibility index (Phi) is 4.76. The number of fused-ring (bicyclic) bond motifs is 1. The van der Waals surface area contributed by atoms with Crippen molar-refractivity contribution in [2.75, 3.05) is 16.3 Å². The topological polar surface area (TPSA) is 80.8 Å². The molecule has 2 aromatic carbocycles. The Morgan fingerprint density at radius 2 is 1.79 bits per heavy atom. The molecule has 2 aliphatic heterocycles. The van der Waals surface area contributed by atoms with Crippen LogP contribution in [0.25, 0.3) is 5.57 Å². The van der Waals surface area contributed by atoms with E-state index in [1.165, 1.54) is 4.90 Å². The minimum absolute atomic E-state index is 0.172. The third-order valence-corrected chi connectivity index (χ3v) is 6.33. The molecule has 2 aliphatic rings. The number of para-hydroxylation sites is 1. The predicted molar refractivity (Wildman–Crippen MR) is 114 cm³/mol. The first-order valence-corrected chi connectivity index (χ1v) is 10.0. The lowest BCUT2D eigenvalue weighted by Crippen LogP contribution is -2.39. The third kappa shape index (κ3) is 3.14. The number of carbonyl (C=O) groups is 3. The summed E-state index contributed by atoms with van der Waals surface area (Å²) in [5, 5.41) is 11.1. The predicted octanol–water partition coefficient (Wildman–Crippen LogP) is 2.18. The highest BCUT2D eigenvalue weighted by molar-refractivity contribution is 8.27. The zero-order valence-corrected chi connectivity index (χ0v) is 17.2. The summed E-state index contributed by atoms with van der Waals surface area (Å²) in [4.78, 5) is 40.1. The van der Waals surface area contributed by atoms with Crippen molar-refractivity contribution in [3.05, 3.63) is 64.1 Å². The zero-order chi connectivity index (χ0) is 20.9. The Bertz CT molecular complexity index is 1140. The molecular weight excluding hydrogens is 408 g/mol. The molecule has 6 nitrogen and oxygen atoms in total. The van der Waals surface area contributed by atoms with Crippen molar-refractivity contribution >= 4 is 63.0 Å². The van der Waals surface area contributed by atoms with E-state index >= 15 is 0 Å². The second kappa shape index (κ2) is 7.13. The summed E-state index contributed by atoms with van der Waals surface area (Å²) in [6, 6.07) is 12.4. The van der Waals surface area contributed by atoms with E-state index in [1.54, 1.807) is 24.3 Å². The molecule has 8 heteroatoms. The summed E-state index contributed by atoms with van der Waals surface area (Å²) in [7, 11) is 0. The average molecular weight is 423 g/mol. The molecule has 2 heterocycles. The molecule has 29 heavy (non-hydrogen) atoms. The molecule has 0 atom stereocenters. The number of rotatable bonds is 3. The molecule has 0 aromatic heterocycles. The van der Waals surface area contributed by atoms with Crippen molar-refractivity contribution in [3.8, 4) is 0 Å². The van der Waals surface area contributed by atoms with E-state index in [9.17, 15) is 19.5 Å². The van der Waals surface area contributed by atoms with Gasteiger partial charge in [-0.15, -0.1) is 0 Å². The molecule has 0 bridgehead atoms. The van der Waals surface area contributed by atoms with Crippen LogP contribution in [0.15, 0.2) is 47.4 Å². The number of benzene rings is 2. The van der Waals surface area contributed by atoms with Crippen molar-refractivity contribution in [2.24, 2.45) is 0 Å². The van der Waals surface area contributed by atoms with Crippen LogP contribution in [0.4, 0.5) is 11.4 Å². The fourth-order valence-corrected chi connectivity index (χ4v) is 4.76. The van der Waals surface area contributed by atoms with Gasteiger partial charge in [-0.1, -0.05) is 48.2 Å². The number of thioether (sulfide) groups is 1. The van der Waals surface area contributed by atoms with Crippen LogP contribution in [-0.4, -0.2) is 28.6 Å². The first-order chi connectivity index (χ1) is 13.8. The lowest BCUT2D eigenvalue weighted by molar-refractivity contribution is -0.303. The Labute approximate surface area is 176 Å². The summed E-state index contributed by atoms with van der Waals surface area (Å²) in [6.07, 6.45) is 0. The Morgan fingerprint density at radius 3 is 2.48 bits per heavy atom. The van der Waals surface area contributed by atoms with Gasteiger partial charge in [0.25, 0.3) is 11.8 Å². The molecule has 146 valence electrons. The van der Waals surface area contributed by atoms with E-state index in [-0.39, 0.29) is 10.5 Å². The van der Waals surface area contributed by atoms with Gasteiger partial charge in [0.2, 0.25) is 0 Å². The van der Waals surface area contributed by atoms with Crippen molar-refractivity contribution in [1.29, 1.82) is 0 Å². The van der Waals surface area contributed by atoms with Crippen LogP contribution in [-0.2, 0) is 14.4 Å². The second-order valence-electron chi connectivity index (χ2n) is 6.76. The number of hydrogen-bond donors (Lipinski definition) is 0. The van der Waals surface area contributed by atoms with Gasteiger partial charge in [0, 0.05) is 5.56 Å². The minimum atomic E-state index is -1.38. The SMILES string of the molecule is Cc1ccc(N2C(=O)/C(=C3\C(=O)N(CC(=O)[O-])c4ccccc43)SC2=S)cc1C. The quantitative estimate of drug-likeness (QED) is 0.556. The molecule has 0 N–H and O–H groups in total. The first kappa shape index (κ1) is 19.4. The molecule has 0 unspecified atom stereocenters. The molecule has 2 aromatic rings. The van der Waals surface area contributed by atoms with Gasteiger partial charge < -0.3 is 14.8 Å². The van der Waals surface area contributed by atoms with Crippen molar-refractivity contribution in [1.82, 2.24) is 0 Å². The number of carbonyl (C=O) groups excluding carboxylic acids is 3. The van der Waals surface area contributed by atoms with Crippen molar-refractivity contribution < 1.29 is 19.5 Å². The second-order valence-corrected chi connectivity index (χ2v) is 8.41. The summed E-state index contributed by atoms with van der Waals surface area (Å²) < 4.78 is 0.324. The molecule has 0 aliphatic carbocycles. The van der Waals surface area contributed by atoms with Crippen LogP contribution < -0.4 is 14.9 Å². The number of hydrogen-bond acceptors (Lipinski definition) is 6. The molecule has 0 radical (unpaired) electrons. The highest BCUT2D eigenvalue weighted by Gasteiger charge is 2.42. The number of amides is 2. The standard InChI is InChI=1S/C21H16N2O4S2/c1-11-7-8-13(9-12(11)2)23-20(27)18(29-21(23)28)17-14-5-3-4-6-15(14)22(19(17)26)10-16(24)25/h3-9H,10H2,1-2H3,(H,24,25)/p-1/b18-17+. The zero-order valence-electron chi connectivity index (χ0n) is 15.6. The Morgan fingerprint density at radius 1 is 1.07 bits per heavy atom. The molecule has 0 spiro atoms. The van der Waals surface area contributed by atoms with Gasteiger partial charge in [0.15, 0.2) is 4.32 Å². The van der Waals surface area contributed by atoms with Crippen LogP contribution >= 0.6 is 24.0 Å². The number of anilines is 2. The lowest BCUT2D eigenvalue weighted by atomic mass is 10.1. The average Bonchev–Trinajstić information content (AvgIpc) is 3.11. The largest absolute Gasteiger partial charge is 0.548 e. The van der Waals surface area contributed by atoms with E-state index in [0.29, 0.717) is 21.3 Å².